The van der Waals surface area contributed by atoms with Gasteiger partial charge in [0.25, 0.3) is 5.69 Å². The number of rotatable bonds is 8. The Morgan fingerprint density at radius 2 is 1.00 bits per heavy atom. The van der Waals surface area contributed by atoms with E-state index >= 15 is 0 Å². The molecule has 0 amide bonds. The lowest BCUT2D eigenvalue weighted by atomic mass is 9.93. The molecule has 6 aromatic carbocycles. The maximum absolute atomic E-state index is 13.0. The maximum atomic E-state index is 13.0. The Labute approximate surface area is 263 Å². The summed E-state index contributed by atoms with van der Waals surface area (Å²) in [4.78, 5) is 10.4. The fourth-order valence-electron chi connectivity index (χ4n) is 5.07. The first-order chi connectivity index (χ1) is 22.2. The van der Waals surface area contributed by atoms with Crippen LogP contribution in [0.25, 0.3) is 33.9 Å². The highest BCUT2D eigenvalue weighted by Gasteiger charge is 2.30. The summed E-state index contributed by atoms with van der Waals surface area (Å²) < 4.78 is 44.8. The van der Waals surface area contributed by atoms with Crippen molar-refractivity contribution in [3.05, 3.63) is 184 Å². The van der Waals surface area contributed by atoms with Crippen molar-refractivity contribution < 1.29 is 22.8 Å². The maximum Gasteiger partial charge on any atom is 0.416 e. The molecule has 0 atom stereocenters. The number of ether oxygens (including phenoxy) is 1. The van der Waals surface area contributed by atoms with Gasteiger partial charge in [0.2, 0.25) is 0 Å². The zero-order chi connectivity index (χ0) is 32.1. The zero-order valence-corrected chi connectivity index (χ0v) is 24.3. The number of halogens is 3. The van der Waals surface area contributed by atoms with Crippen molar-refractivity contribution in [1.82, 2.24) is 0 Å². The Morgan fingerprint density at radius 1 is 0.565 bits per heavy atom. The van der Waals surface area contributed by atoms with Gasteiger partial charge in [-0.2, -0.15) is 13.2 Å². The lowest BCUT2D eigenvalue weighted by molar-refractivity contribution is -0.384. The van der Waals surface area contributed by atoms with E-state index in [1.165, 1.54) is 24.3 Å². The molecule has 0 aromatic heterocycles. The number of alkyl halides is 3. The molecule has 0 bridgehead atoms. The molecule has 0 unspecified atom stereocenters. The highest BCUT2D eigenvalue weighted by atomic mass is 19.4. The zero-order valence-electron chi connectivity index (χ0n) is 24.3. The molecule has 0 aliphatic rings. The molecule has 226 valence electrons. The normalized spacial score (nSPS) is 11.7. The molecule has 46 heavy (non-hydrogen) atoms. The molecule has 0 N–H and O–H groups in total. The Balaban J connectivity index is 1.21. The molecular weight excluding hydrogens is 587 g/mol. The summed E-state index contributed by atoms with van der Waals surface area (Å²) in [5, 5.41) is 10.9. The van der Waals surface area contributed by atoms with E-state index in [9.17, 15) is 23.3 Å². The molecule has 0 aliphatic carbocycles. The van der Waals surface area contributed by atoms with E-state index in [1.807, 2.05) is 91.0 Å². The van der Waals surface area contributed by atoms with Crippen LogP contribution >= 0.6 is 0 Å². The van der Waals surface area contributed by atoms with Crippen LogP contribution in [0.3, 0.4) is 0 Å². The summed E-state index contributed by atoms with van der Waals surface area (Å²) in [5.74, 6) is 1.13. The van der Waals surface area contributed by atoms with Crippen molar-refractivity contribution >= 4 is 17.3 Å². The third-order valence-electron chi connectivity index (χ3n) is 7.52. The first-order valence-electron chi connectivity index (χ1n) is 14.4. The molecule has 0 saturated heterocycles. The average molecular weight is 614 g/mol. The van der Waals surface area contributed by atoms with Gasteiger partial charge in [-0.05, 0) is 87.0 Å². The Bertz CT molecular complexity index is 1970. The molecule has 0 saturated carbocycles. The Hall–Kier alpha value is -5.95. The molecule has 0 spiro atoms. The molecule has 6 aromatic rings. The van der Waals surface area contributed by atoms with Gasteiger partial charge in [-0.15, -0.1) is 0 Å². The number of benzene rings is 6. The van der Waals surface area contributed by atoms with Crippen molar-refractivity contribution in [1.29, 1.82) is 0 Å². The van der Waals surface area contributed by atoms with Gasteiger partial charge in [0.05, 0.1) is 10.5 Å². The molecule has 7 heteroatoms. The fourth-order valence-corrected chi connectivity index (χ4v) is 5.07. The van der Waals surface area contributed by atoms with Gasteiger partial charge >= 0.3 is 6.18 Å². The number of nitro groups is 1. The third-order valence-corrected chi connectivity index (χ3v) is 7.52. The molecule has 0 fully saturated rings. The van der Waals surface area contributed by atoms with Crippen LogP contribution in [0.5, 0.6) is 11.5 Å². The van der Waals surface area contributed by atoms with Gasteiger partial charge in [0.15, 0.2) is 0 Å². The molecule has 6 rings (SSSR count). The predicted octanol–water partition coefficient (Wildman–Crippen LogP) is 11.3. The van der Waals surface area contributed by atoms with Crippen LogP contribution in [0.4, 0.5) is 18.9 Å². The Morgan fingerprint density at radius 3 is 1.50 bits per heavy atom. The molecule has 0 radical (unpaired) electrons. The van der Waals surface area contributed by atoms with Crippen LogP contribution < -0.4 is 4.74 Å². The topological polar surface area (TPSA) is 52.4 Å². The molecule has 0 aliphatic heterocycles. The van der Waals surface area contributed by atoms with E-state index in [1.54, 1.807) is 12.1 Å². The van der Waals surface area contributed by atoms with E-state index in [0.29, 0.717) is 17.1 Å². The second-order valence-electron chi connectivity index (χ2n) is 10.6. The number of nitro benzene ring substituents is 1. The smallest absolute Gasteiger partial charge is 0.416 e. The number of hydrogen-bond acceptors (Lipinski definition) is 3. The van der Waals surface area contributed by atoms with Crippen molar-refractivity contribution in [2.45, 2.75) is 6.18 Å². The average Bonchev–Trinajstić information content (AvgIpc) is 3.08. The van der Waals surface area contributed by atoms with Crippen molar-refractivity contribution in [3.8, 4) is 33.8 Å². The van der Waals surface area contributed by atoms with Crippen LogP contribution in [0, 0.1) is 10.1 Å². The summed E-state index contributed by atoms with van der Waals surface area (Å²) in [6.45, 7) is 0. The van der Waals surface area contributed by atoms with E-state index in [2.05, 4.69) is 18.2 Å². The lowest BCUT2D eigenvalue weighted by Crippen LogP contribution is -2.03. The van der Waals surface area contributed by atoms with Crippen LogP contribution in [0.15, 0.2) is 152 Å². The van der Waals surface area contributed by atoms with Crippen molar-refractivity contribution in [2.24, 2.45) is 0 Å². The van der Waals surface area contributed by atoms with Gasteiger partial charge in [0, 0.05) is 12.1 Å². The van der Waals surface area contributed by atoms with Crippen LogP contribution in [0.1, 0.15) is 22.3 Å². The largest absolute Gasteiger partial charge is 0.457 e. The molecule has 0 heterocycles. The standard InChI is InChI=1S/C39H26F3NO3/c40-39(41,42)34-18-14-30(15-19-34)29-10-12-33(13-11-29)38(32-4-2-1-3-5-32)26-27-6-8-28(9-7-27)31-16-22-36(23-17-31)46-37-24-20-35(21-25-37)43(44)45/h1-26H/b38-26+. The number of hydrogen-bond donors (Lipinski definition) is 0. The van der Waals surface area contributed by atoms with E-state index < -0.39 is 16.7 Å². The second-order valence-corrected chi connectivity index (χ2v) is 10.6. The minimum atomic E-state index is -4.37. The molecule has 4 nitrogen and oxygen atoms in total. The van der Waals surface area contributed by atoms with Gasteiger partial charge in [0.1, 0.15) is 11.5 Å². The monoisotopic (exact) mass is 613 g/mol. The van der Waals surface area contributed by atoms with E-state index in [-0.39, 0.29) is 5.69 Å². The summed E-state index contributed by atoms with van der Waals surface area (Å²) >= 11 is 0. The second kappa shape index (κ2) is 13.0. The first kappa shape index (κ1) is 30.1. The third kappa shape index (κ3) is 7.05. The summed E-state index contributed by atoms with van der Waals surface area (Å²) in [5.41, 5.74) is 6.96. The summed E-state index contributed by atoms with van der Waals surface area (Å²) in [6.07, 6.45) is -2.25. The van der Waals surface area contributed by atoms with Crippen LogP contribution in [0.2, 0.25) is 0 Å². The summed E-state index contributed by atoms with van der Waals surface area (Å²) in [6, 6.07) is 44.8. The van der Waals surface area contributed by atoms with Crippen molar-refractivity contribution in [3.63, 3.8) is 0 Å². The minimum absolute atomic E-state index is 0.00599. The Kier molecular flexibility index (Phi) is 8.48. The highest BCUT2D eigenvalue weighted by Crippen LogP contribution is 2.33. The fraction of sp³-hybridized carbons (Fsp3) is 0.0256. The van der Waals surface area contributed by atoms with Gasteiger partial charge in [-0.1, -0.05) is 103 Å². The van der Waals surface area contributed by atoms with Crippen LogP contribution in [-0.4, -0.2) is 4.92 Å². The predicted molar refractivity (Wildman–Crippen MR) is 175 cm³/mol. The van der Waals surface area contributed by atoms with Crippen molar-refractivity contribution in [2.75, 3.05) is 0 Å². The highest BCUT2D eigenvalue weighted by molar-refractivity contribution is 5.92. The first-order valence-corrected chi connectivity index (χ1v) is 14.4. The summed E-state index contributed by atoms with van der Waals surface area (Å²) in [7, 11) is 0. The lowest BCUT2D eigenvalue weighted by Gasteiger charge is -2.12. The van der Waals surface area contributed by atoms with Crippen LogP contribution in [-0.2, 0) is 6.18 Å². The SMILES string of the molecule is O=[N+]([O-])c1ccc(Oc2ccc(-c3ccc(/C=C(\c4ccccc4)c4ccc(-c5ccc(C(F)(F)F)cc5)cc4)cc3)cc2)cc1. The van der Waals surface area contributed by atoms with E-state index in [0.717, 1.165) is 51.1 Å². The van der Waals surface area contributed by atoms with Gasteiger partial charge < -0.3 is 4.74 Å². The molecular formula is C39H26F3NO3. The van der Waals surface area contributed by atoms with Gasteiger partial charge in [-0.3, -0.25) is 10.1 Å². The number of non-ortho nitro benzene ring substituents is 1. The van der Waals surface area contributed by atoms with E-state index in [4.69, 9.17) is 4.74 Å². The van der Waals surface area contributed by atoms with Gasteiger partial charge in [-0.25, -0.2) is 0 Å². The number of nitrogens with zero attached hydrogens (tertiary/aromatic N) is 1. The quantitative estimate of drug-likeness (QED) is 0.0975. The minimum Gasteiger partial charge on any atom is -0.457 e.